The van der Waals surface area contributed by atoms with Gasteiger partial charge in [-0.2, -0.15) is 0 Å². The average molecular weight is 389 g/mol. The number of halogens is 2. The molecule has 24 heavy (non-hydrogen) atoms. The number of carbonyl (C=O) groups excluding carboxylic acids is 1. The first-order valence-corrected chi connectivity index (χ1v) is 8.94. The lowest BCUT2D eigenvalue weighted by Gasteiger charge is -2.13. The van der Waals surface area contributed by atoms with Crippen molar-refractivity contribution in [3.63, 3.8) is 0 Å². The third kappa shape index (κ3) is 5.37. The molecule has 1 atom stereocenters. The molecular weight excluding hydrogens is 371 g/mol. The van der Waals surface area contributed by atoms with E-state index < -0.39 is 0 Å². The molecule has 0 fully saturated rings. The van der Waals surface area contributed by atoms with Gasteiger partial charge in [-0.3, -0.25) is 4.79 Å². The molecule has 0 aliphatic rings. The van der Waals surface area contributed by atoms with E-state index in [1.807, 2.05) is 4.57 Å². The van der Waals surface area contributed by atoms with E-state index in [0.29, 0.717) is 27.5 Å². The minimum Gasteiger partial charge on any atom is -0.385 e. The van der Waals surface area contributed by atoms with Crippen molar-refractivity contribution in [2.24, 2.45) is 0 Å². The average Bonchev–Trinajstić information content (AvgIpc) is 2.97. The van der Waals surface area contributed by atoms with Crippen molar-refractivity contribution < 1.29 is 9.53 Å². The maximum absolute atomic E-state index is 12.3. The van der Waals surface area contributed by atoms with Gasteiger partial charge in [-0.05, 0) is 31.5 Å². The van der Waals surface area contributed by atoms with Gasteiger partial charge in [0.1, 0.15) is 6.33 Å². The smallest absolute Gasteiger partial charge is 0.237 e. The molecule has 0 aliphatic carbocycles. The van der Waals surface area contributed by atoms with E-state index in [-0.39, 0.29) is 11.2 Å². The van der Waals surface area contributed by atoms with Crippen molar-refractivity contribution in [3.05, 3.63) is 34.6 Å². The van der Waals surface area contributed by atoms with Crippen molar-refractivity contribution >= 4 is 46.6 Å². The lowest BCUT2D eigenvalue weighted by molar-refractivity contribution is -0.115. The number of hydrogen-bond acceptors (Lipinski definition) is 5. The van der Waals surface area contributed by atoms with Crippen LogP contribution in [0.15, 0.2) is 29.7 Å². The maximum Gasteiger partial charge on any atom is 0.237 e. The molecule has 130 valence electrons. The highest BCUT2D eigenvalue weighted by Gasteiger charge is 2.18. The van der Waals surface area contributed by atoms with E-state index >= 15 is 0 Å². The van der Waals surface area contributed by atoms with Crippen LogP contribution in [-0.4, -0.2) is 39.6 Å². The topological polar surface area (TPSA) is 69.0 Å². The van der Waals surface area contributed by atoms with Gasteiger partial charge >= 0.3 is 0 Å². The van der Waals surface area contributed by atoms with Gasteiger partial charge in [-0.25, -0.2) is 0 Å². The lowest BCUT2D eigenvalue weighted by atomic mass is 10.3. The van der Waals surface area contributed by atoms with Gasteiger partial charge in [0, 0.05) is 25.3 Å². The Hall–Kier alpha value is -1.28. The first kappa shape index (κ1) is 19.1. The van der Waals surface area contributed by atoms with Crippen LogP contribution < -0.4 is 5.32 Å². The van der Waals surface area contributed by atoms with Crippen molar-refractivity contribution in [2.75, 3.05) is 19.0 Å². The van der Waals surface area contributed by atoms with Gasteiger partial charge in [-0.15, -0.1) is 10.2 Å². The van der Waals surface area contributed by atoms with Crippen LogP contribution >= 0.6 is 35.0 Å². The summed E-state index contributed by atoms with van der Waals surface area (Å²) in [5, 5.41) is 12.0. The summed E-state index contributed by atoms with van der Waals surface area (Å²) in [7, 11) is 1.66. The lowest BCUT2D eigenvalue weighted by Crippen LogP contribution is -2.23. The summed E-state index contributed by atoms with van der Waals surface area (Å²) in [6, 6.07) is 4.93. The van der Waals surface area contributed by atoms with Gasteiger partial charge < -0.3 is 14.6 Å². The molecule has 0 spiro atoms. The molecule has 0 bridgehead atoms. The van der Waals surface area contributed by atoms with Crippen LogP contribution in [0.2, 0.25) is 10.0 Å². The number of aromatic nitrogens is 3. The third-order valence-corrected chi connectivity index (χ3v) is 4.81. The molecule has 0 aliphatic heterocycles. The Morgan fingerprint density at radius 2 is 2.25 bits per heavy atom. The first-order chi connectivity index (χ1) is 11.5. The Balaban J connectivity index is 1.95. The van der Waals surface area contributed by atoms with Gasteiger partial charge in [0.2, 0.25) is 5.91 Å². The molecule has 0 radical (unpaired) electrons. The van der Waals surface area contributed by atoms with E-state index in [1.54, 1.807) is 38.6 Å². The van der Waals surface area contributed by atoms with Crippen molar-refractivity contribution in [1.29, 1.82) is 0 Å². The summed E-state index contributed by atoms with van der Waals surface area (Å²) in [4.78, 5) is 12.3. The zero-order chi connectivity index (χ0) is 17.5. The van der Waals surface area contributed by atoms with Gasteiger partial charge in [0.15, 0.2) is 5.16 Å². The standard InChI is InChI=1S/C15H18Cl2N4O2S/c1-10(14(22)19-13-5-4-11(16)8-12(13)17)24-15-20-18-9-21(15)6-3-7-23-2/h4-5,8-10H,3,6-7H2,1-2H3,(H,19,22). The van der Waals surface area contributed by atoms with Crippen molar-refractivity contribution in [1.82, 2.24) is 14.8 Å². The number of hydrogen-bond donors (Lipinski definition) is 1. The van der Waals surface area contributed by atoms with Crippen molar-refractivity contribution in [2.45, 2.75) is 30.3 Å². The molecule has 1 N–H and O–H groups in total. The molecule has 2 rings (SSSR count). The number of carbonyl (C=O) groups is 1. The molecule has 1 heterocycles. The number of amides is 1. The zero-order valence-electron chi connectivity index (χ0n) is 13.3. The molecule has 1 unspecified atom stereocenters. The highest BCUT2D eigenvalue weighted by Crippen LogP contribution is 2.27. The van der Waals surface area contributed by atoms with Crippen LogP contribution in [0.25, 0.3) is 0 Å². The fourth-order valence-electron chi connectivity index (χ4n) is 1.91. The SMILES string of the molecule is COCCCn1cnnc1SC(C)C(=O)Nc1ccc(Cl)cc1Cl. The van der Waals surface area contributed by atoms with E-state index in [0.717, 1.165) is 13.0 Å². The number of nitrogens with one attached hydrogen (secondary N) is 1. The highest BCUT2D eigenvalue weighted by molar-refractivity contribution is 8.00. The summed E-state index contributed by atoms with van der Waals surface area (Å²) in [5.74, 6) is -0.171. The Bertz CT molecular complexity index is 696. The van der Waals surface area contributed by atoms with Crippen LogP contribution in [0.5, 0.6) is 0 Å². The minimum absolute atomic E-state index is 0.171. The summed E-state index contributed by atoms with van der Waals surface area (Å²) in [5.41, 5.74) is 0.528. The van der Waals surface area contributed by atoms with Crippen LogP contribution in [-0.2, 0) is 16.1 Å². The van der Waals surface area contributed by atoms with Crippen LogP contribution in [0.3, 0.4) is 0 Å². The number of benzene rings is 1. The van der Waals surface area contributed by atoms with E-state index in [1.165, 1.54) is 11.8 Å². The number of ether oxygens (including phenoxy) is 1. The van der Waals surface area contributed by atoms with Crippen LogP contribution in [0.1, 0.15) is 13.3 Å². The maximum atomic E-state index is 12.3. The minimum atomic E-state index is -0.359. The highest BCUT2D eigenvalue weighted by atomic mass is 35.5. The molecule has 1 amide bonds. The van der Waals surface area contributed by atoms with Gasteiger partial charge in [-0.1, -0.05) is 35.0 Å². The second-order valence-corrected chi connectivity index (χ2v) is 7.18. The van der Waals surface area contributed by atoms with E-state index in [2.05, 4.69) is 15.5 Å². The molecule has 0 saturated heterocycles. The molecule has 6 nitrogen and oxygen atoms in total. The number of nitrogens with zero attached hydrogens (tertiary/aromatic N) is 3. The van der Waals surface area contributed by atoms with E-state index in [9.17, 15) is 4.79 Å². The van der Waals surface area contributed by atoms with Gasteiger partial charge in [0.05, 0.1) is 16.0 Å². The quantitative estimate of drug-likeness (QED) is 0.550. The Labute approximate surface area is 154 Å². The second kappa shape index (κ2) is 9.27. The number of anilines is 1. The molecule has 9 heteroatoms. The zero-order valence-corrected chi connectivity index (χ0v) is 15.7. The largest absolute Gasteiger partial charge is 0.385 e. The normalized spacial score (nSPS) is 12.2. The molecular formula is C15H18Cl2N4O2S. The number of methoxy groups -OCH3 is 1. The second-order valence-electron chi connectivity index (χ2n) is 5.03. The summed E-state index contributed by atoms with van der Waals surface area (Å²) in [6.07, 6.45) is 2.50. The van der Waals surface area contributed by atoms with Gasteiger partial charge in [0.25, 0.3) is 0 Å². The van der Waals surface area contributed by atoms with Crippen LogP contribution in [0.4, 0.5) is 5.69 Å². The molecule has 1 aromatic heterocycles. The molecule has 1 aromatic carbocycles. The Morgan fingerprint density at radius 1 is 1.46 bits per heavy atom. The number of thioether (sulfide) groups is 1. The first-order valence-electron chi connectivity index (χ1n) is 7.30. The molecule has 2 aromatic rings. The van der Waals surface area contributed by atoms with Crippen LogP contribution in [0, 0.1) is 0 Å². The Kier molecular flexibility index (Phi) is 7.36. The predicted molar refractivity (Wildman–Crippen MR) is 96.9 cm³/mol. The summed E-state index contributed by atoms with van der Waals surface area (Å²) < 4.78 is 6.94. The fourth-order valence-corrected chi connectivity index (χ4v) is 3.21. The van der Waals surface area contributed by atoms with Crippen molar-refractivity contribution in [3.8, 4) is 0 Å². The van der Waals surface area contributed by atoms with E-state index in [4.69, 9.17) is 27.9 Å². The Morgan fingerprint density at radius 3 is 2.96 bits per heavy atom. The fraction of sp³-hybridized carbons (Fsp3) is 0.400. The summed E-state index contributed by atoms with van der Waals surface area (Å²) >= 11 is 13.3. The summed E-state index contributed by atoms with van der Waals surface area (Å²) in [6.45, 7) is 3.20. The predicted octanol–water partition coefficient (Wildman–Crippen LogP) is 3.74. The number of aryl methyl sites for hydroxylation is 1. The third-order valence-electron chi connectivity index (χ3n) is 3.17. The monoisotopic (exact) mass is 388 g/mol. The molecule has 0 saturated carbocycles. The number of rotatable bonds is 8.